The Morgan fingerprint density at radius 3 is 1.95 bits per heavy atom. The van der Waals surface area contributed by atoms with Crippen molar-refractivity contribution in [2.45, 2.75) is 59.3 Å². The summed E-state index contributed by atoms with van der Waals surface area (Å²) in [6, 6.07) is 0. The third-order valence-electron chi connectivity index (χ3n) is 5.63. The van der Waals surface area contributed by atoms with Crippen molar-refractivity contribution in [3.63, 3.8) is 0 Å². The minimum absolute atomic E-state index is 0.518. The summed E-state index contributed by atoms with van der Waals surface area (Å²) in [5.41, 5.74) is 6.29. The number of rotatable bonds is 3. The van der Waals surface area contributed by atoms with Crippen LogP contribution in [0, 0.1) is 23.2 Å². The normalized spacial score (nSPS) is 31.6. The van der Waals surface area contributed by atoms with E-state index in [4.69, 9.17) is 5.73 Å². The molecule has 112 valence electrons. The zero-order valence-electron chi connectivity index (χ0n) is 13.3. The molecule has 1 heterocycles. The van der Waals surface area contributed by atoms with Crippen molar-refractivity contribution < 1.29 is 0 Å². The fourth-order valence-electron chi connectivity index (χ4n) is 3.98. The summed E-state index contributed by atoms with van der Waals surface area (Å²) in [7, 11) is 0. The summed E-state index contributed by atoms with van der Waals surface area (Å²) >= 11 is 0. The Morgan fingerprint density at radius 1 is 0.895 bits per heavy atom. The second-order valence-corrected chi connectivity index (χ2v) is 8.06. The molecule has 2 aliphatic rings. The molecule has 2 heteroatoms. The zero-order valence-corrected chi connectivity index (χ0v) is 13.3. The van der Waals surface area contributed by atoms with Crippen LogP contribution in [0.15, 0.2) is 0 Å². The molecule has 0 spiro atoms. The molecule has 0 bridgehead atoms. The molecule has 2 fully saturated rings. The van der Waals surface area contributed by atoms with Gasteiger partial charge in [0, 0.05) is 6.54 Å². The van der Waals surface area contributed by atoms with Gasteiger partial charge in [0.15, 0.2) is 0 Å². The molecule has 0 aromatic rings. The fraction of sp³-hybridized carbons (Fsp3) is 1.00. The first-order valence-corrected chi connectivity index (χ1v) is 8.41. The average molecular weight is 266 g/mol. The second kappa shape index (κ2) is 6.58. The van der Waals surface area contributed by atoms with Crippen LogP contribution in [-0.4, -0.2) is 31.1 Å². The first-order chi connectivity index (χ1) is 8.99. The monoisotopic (exact) mass is 266 g/mol. The molecule has 0 aromatic carbocycles. The first kappa shape index (κ1) is 15.3. The number of hydrogen-bond donors (Lipinski definition) is 1. The number of nitrogens with zero attached hydrogens (tertiary/aromatic N) is 1. The standard InChI is InChI=1S/C17H34N2/c1-17(2,3)16-6-4-15(5-7-16)13-19-10-8-14(12-18)9-11-19/h14-16H,4-13,18H2,1-3H3. The van der Waals surface area contributed by atoms with Gasteiger partial charge in [-0.25, -0.2) is 0 Å². The number of piperidine rings is 1. The maximum Gasteiger partial charge on any atom is 0.000966 e. The minimum Gasteiger partial charge on any atom is -0.330 e. The average Bonchev–Trinajstić information content (AvgIpc) is 2.39. The molecule has 0 aromatic heterocycles. The van der Waals surface area contributed by atoms with Crippen molar-refractivity contribution in [1.82, 2.24) is 4.90 Å². The molecular formula is C17H34N2. The third kappa shape index (κ3) is 4.46. The van der Waals surface area contributed by atoms with E-state index in [0.29, 0.717) is 5.41 Å². The Bertz CT molecular complexity index is 253. The van der Waals surface area contributed by atoms with Crippen molar-refractivity contribution in [2.75, 3.05) is 26.2 Å². The molecule has 2 nitrogen and oxygen atoms in total. The van der Waals surface area contributed by atoms with Crippen LogP contribution in [0.2, 0.25) is 0 Å². The van der Waals surface area contributed by atoms with E-state index >= 15 is 0 Å². The first-order valence-electron chi connectivity index (χ1n) is 8.41. The highest BCUT2D eigenvalue weighted by atomic mass is 15.1. The lowest BCUT2D eigenvalue weighted by Crippen LogP contribution is -2.40. The van der Waals surface area contributed by atoms with Gasteiger partial charge < -0.3 is 10.6 Å². The number of hydrogen-bond acceptors (Lipinski definition) is 2. The number of likely N-dealkylation sites (tertiary alicyclic amines) is 1. The molecule has 0 unspecified atom stereocenters. The van der Waals surface area contributed by atoms with E-state index in [0.717, 1.165) is 24.3 Å². The van der Waals surface area contributed by atoms with E-state index in [9.17, 15) is 0 Å². The van der Waals surface area contributed by atoms with E-state index < -0.39 is 0 Å². The molecule has 1 aliphatic heterocycles. The van der Waals surface area contributed by atoms with Crippen LogP contribution in [0.3, 0.4) is 0 Å². The van der Waals surface area contributed by atoms with Crippen LogP contribution >= 0.6 is 0 Å². The lowest BCUT2D eigenvalue weighted by atomic mass is 9.70. The van der Waals surface area contributed by atoms with Gasteiger partial charge >= 0.3 is 0 Å². The van der Waals surface area contributed by atoms with Crippen LogP contribution in [-0.2, 0) is 0 Å². The van der Waals surface area contributed by atoms with E-state index in [1.165, 1.54) is 58.2 Å². The second-order valence-electron chi connectivity index (χ2n) is 8.06. The molecule has 19 heavy (non-hydrogen) atoms. The predicted molar refractivity (Wildman–Crippen MR) is 83.1 cm³/mol. The molecule has 1 aliphatic carbocycles. The van der Waals surface area contributed by atoms with Crippen molar-refractivity contribution in [3.8, 4) is 0 Å². The minimum atomic E-state index is 0.518. The predicted octanol–water partition coefficient (Wildman–Crippen LogP) is 3.51. The van der Waals surface area contributed by atoms with Gasteiger partial charge in [-0.05, 0) is 81.3 Å². The van der Waals surface area contributed by atoms with Gasteiger partial charge in [-0.2, -0.15) is 0 Å². The Kier molecular flexibility index (Phi) is 5.30. The van der Waals surface area contributed by atoms with Gasteiger partial charge in [-0.1, -0.05) is 20.8 Å². The summed E-state index contributed by atoms with van der Waals surface area (Å²) in [5, 5.41) is 0. The Hall–Kier alpha value is -0.0800. The van der Waals surface area contributed by atoms with Gasteiger partial charge in [-0.3, -0.25) is 0 Å². The van der Waals surface area contributed by atoms with E-state index in [1.807, 2.05) is 0 Å². The molecule has 1 saturated heterocycles. The maximum atomic E-state index is 5.77. The molecular weight excluding hydrogens is 232 g/mol. The highest BCUT2D eigenvalue weighted by Crippen LogP contribution is 2.40. The largest absolute Gasteiger partial charge is 0.330 e. The highest BCUT2D eigenvalue weighted by Gasteiger charge is 2.30. The van der Waals surface area contributed by atoms with Gasteiger partial charge in [0.2, 0.25) is 0 Å². The van der Waals surface area contributed by atoms with Crippen LogP contribution in [0.25, 0.3) is 0 Å². The maximum absolute atomic E-state index is 5.77. The van der Waals surface area contributed by atoms with E-state index in [2.05, 4.69) is 25.7 Å². The Labute approximate surface area is 120 Å². The fourth-order valence-corrected chi connectivity index (χ4v) is 3.98. The van der Waals surface area contributed by atoms with E-state index in [1.54, 1.807) is 0 Å². The molecule has 2 N–H and O–H groups in total. The van der Waals surface area contributed by atoms with Crippen molar-refractivity contribution >= 4 is 0 Å². The van der Waals surface area contributed by atoms with Crippen molar-refractivity contribution in [2.24, 2.45) is 28.9 Å². The Morgan fingerprint density at radius 2 is 1.47 bits per heavy atom. The quantitative estimate of drug-likeness (QED) is 0.847. The third-order valence-corrected chi connectivity index (χ3v) is 5.63. The van der Waals surface area contributed by atoms with Gasteiger partial charge in [0.25, 0.3) is 0 Å². The van der Waals surface area contributed by atoms with Crippen molar-refractivity contribution in [1.29, 1.82) is 0 Å². The van der Waals surface area contributed by atoms with Crippen LogP contribution in [0.1, 0.15) is 59.3 Å². The van der Waals surface area contributed by atoms with Gasteiger partial charge in [0.1, 0.15) is 0 Å². The summed E-state index contributed by atoms with van der Waals surface area (Å²) in [6.45, 7) is 12.1. The Balaban J connectivity index is 1.69. The van der Waals surface area contributed by atoms with Gasteiger partial charge in [-0.15, -0.1) is 0 Å². The van der Waals surface area contributed by atoms with E-state index in [-0.39, 0.29) is 0 Å². The van der Waals surface area contributed by atoms with Crippen LogP contribution in [0.5, 0.6) is 0 Å². The topological polar surface area (TPSA) is 29.3 Å². The summed E-state index contributed by atoms with van der Waals surface area (Å²) < 4.78 is 0. The number of nitrogens with two attached hydrogens (primary N) is 1. The summed E-state index contributed by atoms with van der Waals surface area (Å²) in [5.74, 6) is 2.72. The molecule has 0 amide bonds. The molecule has 0 atom stereocenters. The van der Waals surface area contributed by atoms with Crippen molar-refractivity contribution in [3.05, 3.63) is 0 Å². The summed E-state index contributed by atoms with van der Waals surface area (Å²) in [6.07, 6.45) is 8.47. The van der Waals surface area contributed by atoms with Gasteiger partial charge in [0.05, 0.1) is 0 Å². The summed E-state index contributed by atoms with van der Waals surface area (Å²) in [4.78, 5) is 2.70. The molecule has 2 rings (SSSR count). The molecule has 0 radical (unpaired) electrons. The smallest absolute Gasteiger partial charge is 0.000966 e. The lowest BCUT2D eigenvalue weighted by molar-refractivity contribution is 0.108. The lowest BCUT2D eigenvalue weighted by Gasteiger charge is -2.39. The highest BCUT2D eigenvalue weighted by molar-refractivity contribution is 4.83. The van der Waals surface area contributed by atoms with Crippen LogP contribution < -0.4 is 5.73 Å². The molecule has 1 saturated carbocycles. The zero-order chi connectivity index (χ0) is 13.9. The SMILES string of the molecule is CC(C)(C)C1CCC(CN2CCC(CN)CC2)CC1. The van der Waals surface area contributed by atoms with Crippen LogP contribution in [0.4, 0.5) is 0 Å².